The normalized spacial score (nSPS) is 11.7. The number of hydrogen-bond acceptors (Lipinski definition) is 3. The number of nitrogens with zero attached hydrogens (tertiary/aromatic N) is 1. The van der Waals surface area contributed by atoms with Crippen LogP contribution in [0.15, 0.2) is 180 Å². The first-order valence-corrected chi connectivity index (χ1v) is 17.4. The van der Waals surface area contributed by atoms with Crippen molar-refractivity contribution in [1.29, 1.82) is 0 Å². The molecule has 0 amide bonds. The van der Waals surface area contributed by atoms with Crippen LogP contribution >= 0.6 is 11.3 Å². The van der Waals surface area contributed by atoms with Gasteiger partial charge >= 0.3 is 0 Å². The molecule has 0 aliphatic heterocycles. The SMILES string of the molecule is c1ccc(N(c2ccccc2-c2cccc3sc4ccccc4c23)c2cccc3oc4ccccc4c23)c(-c2cccc3ccccc23)c1. The molecule has 3 heteroatoms. The van der Waals surface area contributed by atoms with Gasteiger partial charge in [-0.3, -0.25) is 0 Å². The van der Waals surface area contributed by atoms with Crippen LogP contribution in [0.5, 0.6) is 0 Å². The molecular formula is C46H29NOS. The molecule has 2 heterocycles. The van der Waals surface area contributed by atoms with Crippen LogP contribution in [-0.4, -0.2) is 0 Å². The Labute approximate surface area is 287 Å². The van der Waals surface area contributed by atoms with Crippen molar-refractivity contribution >= 4 is 81.3 Å². The van der Waals surface area contributed by atoms with Crippen molar-refractivity contribution in [2.24, 2.45) is 0 Å². The van der Waals surface area contributed by atoms with Crippen molar-refractivity contribution in [3.8, 4) is 22.3 Å². The molecule has 0 bridgehead atoms. The van der Waals surface area contributed by atoms with Gasteiger partial charge in [-0.25, -0.2) is 0 Å². The van der Waals surface area contributed by atoms with E-state index in [1.54, 1.807) is 0 Å². The van der Waals surface area contributed by atoms with Crippen molar-refractivity contribution in [2.45, 2.75) is 0 Å². The largest absolute Gasteiger partial charge is 0.456 e. The third-order valence-electron chi connectivity index (χ3n) is 9.68. The average Bonchev–Trinajstić information content (AvgIpc) is 3.74. The van der Waals surface area contributed by atoms with Crippen molar-refractivity contribution in [2.75, 3.05) is 4.90 Å². The Hall–Kier alpha value is -6.16. The second-order valence-corrected chi connectivity index (χ2v) is 13.5. The second-order valence-electron chi connectivity index (χ2n) is 12.4. The number of rotatable bonds is 5. The van der Waals surface area contributed by atoms with Gasteiger partial charge in [-0.15, -0.1) is 11.3 Å². The Balaban J connectivity index is 1.32. The average molecular weight is 644 g/mol. The predicted molar refractivity (Wildman–Crippen MR) is 210 cm³/mol. The number of fused-ring (bicyclic) bond motifs is 7. The molecule has 2 aromatic heterocycles. The molecule has 0 fully saturated rings. The molecule has 0 unspecified atom stereocenters. The summed E-state index contributed by atoms with van der Waals surface area (Å²) < 4.78 is 9.06. The maximum Gasteiger partial charge on any atom is 0.137 e. The monoisotopic (exact) mass is 643 g/mol. The van der Waals surface area contributed by atoms with E-state index in [2.05, 4.69) is 175 Å². The third kappa shape index (κ3) is 4.40. The second kappa shape index (κ2) is 11.2. The van der Waals surface area contributed by atoms with Gasteiger partial charge in [-0.1, -0.05) is 133 Å². The van der Waals surface area contributed by atoms with E-state index in [4.69, 9.17) is 4.42 Å². The fourth-order valence-electron chi connectivity index (χ4n) is 7.58. The summed E-state index contributed by atoms with van der Waals surface area (Å²) >= 11 is 1.86. The molecule has 49 heavy (non-hydrogen) atoms. The smallest absolute Gasteiger partial charge is 0.137 e. The maximum atomic E-state index is 6.47. The van der Waals surface area contributed by atoms with Gasteiger partial charge < -0.3 is 9.32 Å². The number of benzene rings is 8. The van der Waals surface area contributed by atoms with Gasteiger partial charge in [-0.2, -0.15) is 0 Å². The van der Waals surface area contributed by atoms with E-state index in [0.717, 1.165) is 44.6 Å². The highest BCUT2D eigenvalue weighted by atomic mass is 32.1. The number of anilines is 3. The lowest BCUT2D eigenvalue weighted by Gasteiger charge is -2.30. The fourth-order valence-corrected chi connectivity index (χ4v) is 8.72. The molecule has 0 spiro atoms. The molecule has 10 aromatic rings. The first kappa shape index (κ1) is 27.9. The van der Waals surface area contributed by atoms with Gasteiger partial charge in [0.2, 0.25) is 0 Å². The molecular weight excluding hydrogens is 615 g/mol. The molecule has 230 valence electrons. The van der Waals surface area contributed by atoms with E-state index in [1.165, 1.54) is 47.6 Å². The molecule has 0 saturated heterocycles. The number of hydrogen-bond donors (Lipinski definition) is 0. The Kier molecular flexibility index (Phi) is 6.39. The van der Waals surface area contributed by atoms with E-state index in [0.29, 0.717) is 0 Å². The Bertz CT molecular complexity index is 2850. The van der Waals surface area contributed by atoms with Crippen LogP contribution in [0.1, 0.15) is 0 Å². The van der Waals surface area contributed by atoms with Crippen molar-refractivity contribution < 1.29 is 4.42 Å². The van der Waals surface area contributed by atoms with Crippen LogP contribution in [-0.2, 0) is 0 Å². The van der Waals surface area contributed by atoms with Crippen LogP contribution in [0.3, 0.4) is 0 Å². The first-order chi connectivity index (χ1) is 24.3. The topological polar surface area (TPSA) is 16.4 Å². The van der Waals surface area contributed by atoms with Crippen LogP contribution in [0.4, 0.5) is 17.1 Å². The molecule has 0 saturated carbocycles. The molecule has 0 aliphatic rings. The summed E-state index contributed by atoms with van der Waals surface area (Å²) in [6, 6.07) is 63.2. The minimum atomic E-state index is 0.870. The lowest BCUT2D eigenvalue weighted by molar-refractivity contribution is 0.669. The highest BCUT2D eigenvalue weighted by molar-refractivity contribution is 7.25. The summed E-state index contributed by atoms with van der Waals surface area (Å²) in [5.74, 6) is 0. The third-order valence-corrected chi connectivity index (χ3v) is 10.8. The summed E-state index contributed by atoms with van der Waals surface area (Å²) in [4.78, 5) is 2.46. The van der Waals surface area contributed by atoms with Gasteiger partial charge in [0, 0.05) is 36.7 Å². The van der Waals surface area contributed by atoms with Gasteiger partial charge in [0.25, 0.3) is 0 Å². The summed E-state index contributed by atoms with van der Waals surface area (Å²) in [5, 5.41) is 7.24. The highest BCUT2D eigenvalue weighted by Gasteiger charge is 2.25. The lowest BCUT2D eigenvalue weighted by Crippen LogP contribution is -2.13. The number of furan rings is 1. The lowest BCUT2D eigenvalue weighted by atomic mass is 9.94. The van der Waals surface area contributed by atoms with E-state index >= 15 is 0 Å². The number of para-hydroxylation sites is 3. The van der Waals surface area contributed by atoms with Crippen molar-refractivity contribution in [3.05, 3.63) is 176 Å². The molecule has 2 nitrogen and oxygen atoms in total. The summed E-state index contributed by atoms with van der Waals surface area (Å²) in [6.07, 6.45) is 0. The minimum Gasteiger partial charge on any atom is -0.456 e. The fraction of sp³-hybridized carbons (Fsp3) is 0. The predicted octanol–water partition coefficient (Wildman–Crippen LogP) is 13.9. The number of thiophene rings is 1. The Morgan fingerprint density at radius 2 is 0.878 bits per heavy atom. The Morgan fingerprint density at radius 3 is 1.73 bits per heavy atom. The molecule has 0 N–H and O–H groups in total. The van der Waals surface area contributed by atoms with Gasteiger partial charge in [0.15, 0.2) is 0 Å². The van der Waals surface area contributed by atoms with Crippen LogP contribution in [0.2, 0.25) is 0 Å². The zero-order valence-corrected chi connectivity index (χ0v) is 27.3. The molecule has 0 radical (unpaired) electrons. The Morgan fingerprint density at radius 1 is 0.347 bits per heavy atom. The van der Waals surface area contributed by atoms with Crippen molar-refractivity contribution in [1.82, 2.24) is 0 Å². The van der Waals surface area contributed by atoms with Gasteiger partial charge in [0.05, 0.1) is 22.4 Å². The van der Waals surface area contributed by atoms with E-state index in [-0.39, 0.29) is 0 Å². The van der Waals surface area contributed by atoms with Gasteiger partial charge in [-0.05, 0) is 64.4 Å². The van der Waals surface area contributed by atoms with Gasteiger partial charge in [0.1, 0.15) is 11.2 Å². The summed E-state index contributed by atoms with van der Waals surface area (Å²) in [5.41, 5.74) is 9.80. The zero-order chi connectivity index (χ0) is 32.3. The standard InChI is InChI=1S/C46H29NOS/c1-2-16-31-30(14-1)15-11-21-32(31)33-17-3-7-23-38(33)47(40-25-13-27-42-46(40)36-19-5-9-26-41(36)48-42)39-24-8-4-18-34(39)35-22-12-29-44-45(35)37-20-6-10-28-43(37)49-44/h1-29H. The van der Waals surface area contributed by atoms with E-state index in [1.807, 2.05) is 17.4 Å². The quantitative estimate of drug-likeness (QED) is 0.186. The molecule has 0 atom stereocenters. The summed E-state index contributed by atoms with van der Waals surface area (Å²) in [7, 11) is 0. The van der Waals surface area contributed by atoms with Crippen LogP contribution in [0.25, 0.3) is 75.1 Å². The molecule has 10 rings (SSSR count). The maximum absolute atomic E-state index is 6.47. The first-order valence-electron chi connectivity index (χ1n) is 16.6. The molecule has 8 aromatic carbocycles. The zero-order valence-electron chi connectivity index (χ0n) is 26.5. The highest BCUT2D eigenvalue weighted by Crippen LogP contribution is 2.50. The minimum absolute atomic E-state index is 0.870. The van der Waals surface area contributed by atoms with E-state index < -0.39 is 0 Å². The van der Waals surface area contributed by atoms with Crippen LogP contribution in [0, 0.1) is 0 Å². The van der Waals surface area contributed by atoms with Crippen LogP contribution < -0.4 is 4.90 Å². The molecule has 0 aliphatic carbocycles. The van der Waals surface area contributed by atoms with E-state index in [9.17, 15) is 0 Å². The van der Waals surface area contributed by atoms with Crippen molar-refractivity contribution in [3.63, 3.8) is 0 Å². The summed E-state index contributed by atoms with van der Waals surface area (Å²) in [6.45, 7) is 0.